The Kier molecular flexibility index (Phi) is 5.57. The van der Waals surface area contributed by atoms with E-state index < -0.39 is 0 Å². The fraction of sp³-hybridized carbons (Fsp3) is 0.500. The minimum Gasteiger partial charge on any atom is -0.122 e. The highest BCUT2D eigenvalue weighted by Crippen LogP contribution is 2.19. The van der Waals surface area contributed by atoms with Gasteiger partial charge >= 0.3 is 0 Å². The largest absolute Gasteiger partial charge is 0.122 e. The Morgan fingerprint density at radius 2 is 2.00 bits per heavy atom. The van der Waals surface area contributed by atoms with Crippen molar-refractivity contribution in [1.29, 1.82) is 0 Å². The molecule has 0 aliphatic carbocycles. The summed E-state index contributed by atoms with van der Waals surface area (Å²) in [4.78, 5) is 0. The first-order valence-electron chi connectivity index (χ1n) is 5.05. The van der Waals surface area contributed by atoms with Crippen LogP contribution >= 0.6 is 27.5 Å². The number of rotatable bonds is 5. The van der Waals surface area contributed by atoms with Gasteiger partial charge in [0, 0.05) is 11.2 Å². The normalized spacial score (nSPS) is 10.5. The summed E-state index contributed by atoms with van der Waals surface area (Å²) in [7, 11) is 0. The lowest BCUT2D eigenvalue weighted by atomic mass is 9.97. The van der Waals surface area contributed by atoms with Crippen LogP contribution in [0.5, 0.6) is 0 Å². The Bertz CT molecular complexity index is 284. The Labute approximate surface area is 99.8 Å². The maximum absolute atomic E-state index is 5.91. The van der Waals surface area contributed by atoms with Crippen molar-refractivity contribution in [2.45, 2.75) is 32.1 Å². The van der Waals surface area contributed by atoms with Gasteiger partial charge in [0.05, 0.1) is 0 Å². The van der Waals surface area contributed by atoms with Gasteiger partial charge < -0.3 is 0 Å². The SMILES string of the molecule is CCc1c(CCl)cccc1CCCBr. The highest BCUT2D eigenvalue weighted by Gasteiger charge is 2.04. The number of alkyl halides is 2. The van der Waals surface area contributed by atoms with Crippen molar-refractivity contribution < 1.29 is 0 Å². The lowest BCUT2D eigenvalue weighted by molar-refractivity contribution is 0.907. The van der Waals surface area contributed by atoms with Crippen LogP contribution in [0.1, 0.15) is 30.0 Å². The van der Waals surface area contributed by atoms with Gasteiger partial charge in [0.15, 0.2) is 0 Å². The van der Waals surface area contributed by atoms with Crippen molar-refractivity contribution in [2.75, 3.05) is 5.33 Å². The lowest BCUT2D eigenvalue weighted by Gasteiger charge is -2.11. The number of halogens is 2. The van der Waals surface area contributed by atoms with Crippen LogP contribution < -0.4 is 0 Å². The van der Waals surface area contributed by atoms with Gasteiger partial charge in [-0.05, 0) is 36.0 Å². The fourth-order valence-electron chi connectivity index (χ4n) is 1.76. The van der Waals surface area contributed by atoms with Gasteiger partial charge in [-0.1, -0.05) is 41.1 Å². The van der Waals surface area contributed by atoms with Crippen LogP contribution in [0.25, 0.3) is 0 Å². The van der Waals surface area contributed by atoms with Crippen molar-refractivity contribution >= 4 is 27.5 Å². The van der Waals surface area contributed by atoms with Gasteiger partial charge in [0.1, 0.15) is 0 Å². The number of hydrogen-bond acceptors (Lipinski definition) is 0. The first-order valence-corrected chi connectivity index (χ1v) is 6.70. The molecule has 0 atom stereocenters. The van der Waals surface area contributed by atoms with Crippen LogP contribution in [0.2, 0.25) is 0 Å². The quantitative estimate of drug-likeness (QED) is 0.702. The van der Waals surface area contributed by atoms with Crippen LogP contribution in [0.3, 0.4) is 0 Å². The lowest BCUT2D eigenvalue weighted by Crippen LogP contribution is -1.98. The van der Waals surface area contributed by atoms with Gasteiger partial charge in [0.2, 0.25) is 0 Å². The summed E-state index contributed by atoms with van der Waals surface area (Å²) in [6.07, 6.45) is 3.43. The monoisotopic (exact) mass is 274 g/mol. The molecular weight excluding hydrogens is 259 g/mol. The van der Waals surface area contributed by atoms with E-state index in [1.165, 1.54) is 23.1 Å². The summed E-state index contributed by atoms with van der Waals surface area (Å²) >= 11 is 9.37. The molecular formula is C12H16BrCl. The minimum absolute atomic E-state index is 0.630. The van der Waals surface area contributed by atoms with Gasteiger partial charge in [-0.2, -0.15) is 0 Å². The summed E-state index contributed by atoms with van der Waals surface area (Å²) in [6, 6.07) is 6.46. The summed E-state index contributed by atoms with van der Waals surface area (Å²) < 4.78 is 0. The van der Waals surface area contributed by atoms with Crippen LogP contribution in [0.15, 0.2) is 18.2 Å². The van der Waals surface area contributed by atoms with Crippen LogP contribution in [0.4, 0.5) is 0 Å². The van der Waals surface area contributed by atoms with E-state index in [0.717, 1.165) is 18.2 Å². The predicted octanol–water partition coefficient (Wildman–Crippen LogP) is 4.32. The minimum atomic E-state index is 0.630. The van der Waals surface area contributed by atoms with E-state index in [2.05, 4.69) is 41.1 Å². The second-order valence-electron chi connectivity index (χ2n) is 3.33. The molecule has 78 valence electrons. The Morgan fingerprint density at radius 1 is 1.29 bits per heavy atom. The van der Waals surface area contributed by atoms with Gasteiger partial charge in [-0.15, -0.1) is 11.6 Å². The van der Waals surface area contributed by atoms with Crippen molar-refractivity contribution in [3.8, 4) is 0 Å². The molecule has 0 aromatic heterocycles. The summed E-state index contributed by atoms with van der Waals surface area (Å²) in [6.45, 7) is 2.20. The van der Waals surface area contributed by atoms with E-state index in [1.807, 2.05) is 0 Å². The Hall–Kier alpha value is -0.0100. The third kappa shape index (κ3) is 2.99. The third-order valence-electron chi connectivity index (χ3n) is 2.45. The van der Waals surface area contributed by atoms with Crippen molar-refractivity contribution in [3.05, 3.63) is 34.9 Å². The van der Waals surface area contributed by atoms with Gasteiger partial charge in [-0.3, -0.25) is 0 Å². The third-order valence-corrected chi connectivity index (χ3v) is 3.30. The van der Waals surface area contributed by atoms with Crippen molar-refractivity contribution in [1.82, 2.24) is 0 Å². The number of benzene rings is 1. The zero-order chi connectivity index (χ0) is 10.4. The smallest absolute Gasteiger partial charge is 0.0476 e. The zero-order valence-electron chi connectivity index (χ0n) is 8.52. The van der Waals surface area contributed by atoms with Crippen molar-refractivity contribution in [3.63, 3.8) is 0 Å². The van der Waals surface area contributed by atoms with E-state index >= 15 is 0 Å². The average molecular weight is 276 g/mol. The highest BCUT2D eigenvalue weighted by molar-refractivity contribution is 9.09. The molecule has 2 heteroatoms. The second-order valence-corrected chi connectivity index (χ2v) is 4.39. The molecule has 0 aliphatic rings. The molecule has 0 amide bonds. The molecule has 0 nitrogen and oxygen atoms in total. The molecule has 0 radical (unpaired) electrons. The molecule has 0 saturated heterocycles. The van der Waals surface area contributed by atoms with E-state index in [9.17, 15) is 0 Å². The molecule has 14 heavy (non-hydrogen) atoms. The molecule has 0 spiro atoms. The fourth-order valence-corrected chi connectivity index (χ4v) is 2.29. The molecule has 1 aromatic carbocycles. The molecule has 0 fully saturated rings. The standard InChI is InChI=1S/C12H16BrCl/c1-2-12-10(7-4-8-13)5-3-6-11(12)9-14/h3,5-6H,2,4,7-9H2,1H3. The molecule has 0 heterocycles. The van der Waals surface area contributed by atoms with Crippen LogP contribution in [-0.2, 0) is 18.7 Å². The average Bonchev–Trinajstić information content (AvgIpc) is 2.25. The molecule has 1 aromatic rings. The van der Waals surface area contributed by atoms with Crippen LogP contribution in [0, 0.1) is 0 Å². The topological polar surface area (TPSA) is 0 Å². The maximum atomic E-state index is 5.91. The first kappa shape index (κ1) is 12.1. The van der Waals surface area contributed by atoms with E-state index in [0.29, 0.717) is 5.88 Å². The number of aryl methyl sites for hydroxylation is 1. The maximum Gasteiger partial charge on any atom is 0.0476 e. The molecule has 0 aliphatic heterocycles. The van der Waals surface area contributed by atoms with E-state index in [-0.39, 0.29) is 0 Å². The van der Waals surface area contributed by atoms with Crippen LogP contribution in [-0.4, -0.2) is 5.33 Å². The Balaban J connectivity index is 2.90. The van der Waals surface area contributed by atoms with Gasteiger partial charge in [0.25, 0.3) is 0 Å². The Morgan fingerprint density at radius 3 is 2.57 bits per heavy atom. The molecule has 0 N–H and O–H groups in total. The molecule has 0 saturated carbocycles. The summed E-state index contributed by atoms with van der Waals surface area (Å²) in [5.74, 6) is 0.630. The van der Waals surface area contributed by atoms with Gasteiger partial charge in [-0.25, -0.2) is 0 Å². The summed E-state index contributed by atoms with van der Waals surface area (Å²) in [5, 5.41) is 1.07. The molecule has 1 rings (SSSR count). The highest BCUT2D eigenvalue weighted by atomic mass is 79.9. The first-order chi connectivity index (χ1) is 6.83. The van der Waals surface area contributed by atoms with E-state index in [1.54, 1.807) is 0 Å². The van der Waals surface area contributed by atoms with Crippen molar-refractivity contribution in [2.24, 2.45) is 0 Å². The molecule has 0 unspecified atom stereocenters. The predicted molar refractivity (Wildman–Crippen MR) is 67.5 cm³/mol. The number of hydrogen-bond donors (Lipinski definition) is 0. The zero-order valence-corrected chi connectivity index (χ0v) is 10.9. The second kappa shape index (κ2) is 6.47. The summed E-state index contributed by atoms with van der Waals surface area (Å²) in [5.41, 5.74) is 4.20. The molecule has 0 bridgehead atoms. The van der Waals surface area contributed by atoms with E-state index in [4.69, 9.17) is 11.6 Å².